The SMILES string of the molecule is C=C(C)C1C=C(c2ccc(CC)cc2)Sc2[nH]c3ccccc3c21. The predicted octanol–water partition coefficient (Wildman–Crippen LogP) is 6.54. The number of aryl methyl sites for hydroxylation is 1. The van der Waals surface area contributed by atoms with Crippen LogP contribution in [0.4, 0.5) is 0 Å². The molecule has 1 aliphatic heterocycles. The summed E-state index contributed by atoms with van der Waals surface area (Å²) in [5.41, 5.74) is 6.42. The number of aromatic amines is 1. The first-order valence-corrected chi connectivity index (χ1v) is 9.24. The first-order valence-electron chi connectivity index (χ1n) is 8.42. The number of rotatable bonds is 3. The van der Waals surface area contributed by atoms with Gasteiger partial charge in [0.2, 0.25) is 0 Å². The smallest absolute Gasteiger partial charge is 0.0823 e. The molecule has 1 atom stereocenters. The van der Waals surface area contributed by atoms with E-state index in [1.165, 1.54) is 43.1 Å². The van der Waals surface area contributed by atoms with Crippen molar-refractivity contribution in [3.63, 3.8) is 0 Å². The van der Waals surface area contributed by atoms with Crippen LogP contribution in [0.2, 0.25) is 0 Å². The fraction of sp³-hybridized carbons (Fsp3) is 0.182. The fourth-order valence-corrected chi connectivity index (χ4v) is 4.54. The molecule has 0 aliphatic carbocycles. The zero-order chi connectivity index (χ0) is 16.7. The third kappa shape index (κ3) is 2.51. The van der Waals surface area contributed by atoms with Crippen LogP contribution in [-0.4, -0.2) is 4.98 Å². The van der Waals surface area contributed by atoms with Gasteiger partial charge in [-0.3, -0.25) is 0 Å². The van der Waals surface area contributed by atoms with Crippen LogP contribution in [0.25, 0.3) is 15.8 Å². The summed E-state index contributed by atoms with van der Waals surface area (Å²) in [5, 5.41) is 2.56. The molecule has 2 heterocycles. The van der Waals surface area contributed by atoms with Crippen LogP contribution < -0.4 is 0 Å². The van der Waals surface area contributed by atoms with E-state index in [-0.39, 0.29) is 5.92 Å². The Morgan fingerprint density at radius 3 is 2.58 bits per heavy atom. The molecular formula is C22H21NS. The van der Waals surface area contributed by atoms with E-state index in [0.717, 1.165) is 6.42 Å². The summed E-state index contributed by atoms with van der Waals surface area (Å²) < 4.78 is 0. The van der Waals surface area contributed by atoms with E-state index in [1.807, 2.05) is 11.8 Å². The Hall–Kier alpha value is -2.19. The van der Waals surface area contributed by atoms with E-state index in [0.29, 0.717) is 0 Å². The van der Waals surface area contributed by atoms with Gasteiger partial charge in [0, 0.05) is 27.3 Å². The molecule has 3 aromatic rings. The number of aromatic nitrogens is 1. The molecule has 2 aromatic carbocycles. The Bertz CT molecular complexity index is 944. The molecule has 120 valence electrons. The minimum absolute atomic E-state index is 0.262. The van der Waals surface area contributed by atoms with Crippen molar-refractivity contribution in [3.8, 4) is 0 Å². The number of H-pyrrole nitrogens is 1. The zero-order valence-electron chi connectivity index (χ0n) is 14.1. The standard InChI is InChI=1S/C22H21NS/c1-4-15-9-11-16(12-10-15)20-13-18(14(2)3)21-17-7-5-6-8-19(17)23-22(21)24-20/h5-13,18,23H,2,4H2,1,3H3. The molecule has 0 saturated heterocycles. The number of hydrogen-bond acceptors (Lipinski definition) is 1. The summed E-state index contributed by atoms with van der Waals surface area (Å²) in [6.45, 7) is 8.57. The van der Waals surface area contributed by atoms with Gasteiger partial charge in [0.05, 0.1) is 5.03 Å². The molecule has 1 aliphatic rings. The lowest BCUT2D eigenvalue weighted by atomic mass is 9.91. The second-order valence-corrected chi connectivity index (χ2v) is 7.47. The maximum Gasteiger partial charge on any atom is 0.0823 e. The Morgan fingerprint density at radius 1 is 1.12 bits per heavy atom. The van der Waals surface area contributed by atoms with Crippen LogP contribution in [0.1, 0.15) is 36.5 Å². The summed E-state index contributed by atoms with van der Waals surface area (Å²) in [7, 11) is 0. The van der Waals surface area contributed by atoms with Gasteiger partial charge in [-0.15, -0.1) is 0 Å². The largest absolute Gasteiger partial charge is 0.349 e. The monoisotopic (exact) mass is 331 g/mol. The number of benzene rings is 2. The van der Waals surface area contributed by atoms with Gasteiger partial charge in [0.25, 0.3) is 0 Å². The van der Waals surface area contributed by atoms with Crippen molar-refractivity contribution in [2.24, 2.45) is 0 Å². The Balaban J connectivity index is 1.83. The molecule has 0 bridgehead atoms. The molecule has 1 aromatic heterocycles. The molecule has 2 heteroatoms. The van der Waals surface area contributed by atoms with Crippen molar-refractivity contribution >= 4 is 27.6 Å². The van der Waals surface area contributed by atoms with E-state index in [2.05, 4.69) is 80.0 Å². The fourth-order valence-electron chi connectivity index (χ4n) is 3.36. The van der Waals surface area contributed by atoms with Crippen molar-refractivity contribution in [1.82, 2.24) is 4.98 Å². The summed E-state index contributed by atoms with van der Waals surface area (Å²) in [4.78, 5) is 4.91. The van der Waals surface area contributed by atoms with Crippen LogP contribution in [0.15, 0.2) is 71.8 Å². The second kappa shape index (κ2) is 6.03. The third-order valence-electron chi connectivity index (χ3n) is 4.73. The molecule has 0 amide bonds. The highest BCUT2D eigenvalue weighted by molar-refractivity contribution is 8.08. The van der Waals surface area contributed by atoms with Crippen molar-refractivity contribution in [2.45, 2.75) is 31.2 Å². The molecule has 0 saturated carbocycles. The average Bonchev–Trinajstić information content (AvgIpc) is 2.99. The van der Waals surface area contributed by atoms with E-state index in [9.17, 15) is 0 Å². The van der Waals surface area contributed by atoms with Crippen molar-refractivity contribution in [1.29, 1.82) is 0 Å². The van der Waals surface area contributed by atoms with Crippen LogP contribution in [-0.2, 0) is 6.42 Å². The molecular weight excluding hydrogens is 310 g/mol. The highest BCUT2D eigenvalue weighted by Gasteiger charge is 2.26. The van der Waals surface area contributed by atoms with E-state index in [4.69, 9.17) is 0 Å². The van der Waals surface area contributed by atoms with Crippen LogP contribution in [0.3, 0.4) is 0 Å². The normalized spacial score (nSPS) is 16.8. The van der Waals surface area contributed by atoms with Crippen molar-refractivity contribution < 1.29 is 0 Å². The minimum atomic E-state index is 0.262. The lowest BCUT2D eigenvalue weighted by Gasteiger charge is -2.22. The highest BCUT2D eigenvalue weighted by atomic mass is 32.2. The summed E-state index contributed by atoms with van der Waals surface area (Å²) >= 11 is 1.83. The number of hydrogen-bond donors (Lipinski definition) is 1. The predicted molar refractivity (Wildman–Crippen MR) is 106 cm³/mol. The second-order valence-electron chi connectivity index (χ2n) is 6.42. The first kappa shape index (κ1) is 15.3. The maximum atomic E-state index is 4.25. The molecule has 0 spiro atoms. The molecule has 24 heavy (non-hydrogen) atoms. The lowest BCUT2D eigenvalue weighted by Crippen LogP contribution is -2.02. The number of nitrogens with one attached hydrogen (secondary N) is 1. The van der Waals surface area contributed by atoms with E-state index < -0.39 is 0 Å². The quantitative estimate of drug-likeness (QED) is 0.539. The Kier molecular flexibility index (Phi) is 3.85. The van der Waals surface area contributed by atoms with Gasteiger partial charge in [-0.25, -0.2) is 0 Å². The highest BCUT2D eigenvalue weighted by Crippen LogP contribution is 2.49. The van der Waals surface area contributed by atoms with Crippen molar-refractivity contribution in [3.05, 3.63) is 83.4 Å². The van der Waals surface area contributed by atoms with Gasteiger partial charge in [0.15, 0.2) is 0 Å². The number of allylic oxidation sites excluding steroid dienone is 2. The average molecular weight is 331 g/mol. The number of thioether (sulfide) groups is 1. The maximum absolute atomic E-state index is 4.25. The summed E-state index contributed by atoms with van der Waals surface area (Å²) in [6, 6.07) is 17.5. The number of fused-ring (bicyclic) bond motifs is 3. The van der Waals surface area contributed by atoms with Gasteiger partial charge < -0.3 is 4.98 Å². The van der Waals surface area contributed by atoms with Gasteiger partial charge in [-0.2, -0.15) is 0 Å². The molecule has 0 fully saturated rings. The van der Waals surface area contributed by atoms with Gasteiger partial charge in [-0.1, -0.05) is 79.4 Å². The Labute approximate surface area is 147 Å². The first-order chi connectivity index (χ1) is 11.7. The number of para-hydroxylation sites is 1. The van der Waals surface area contributed by atoms with Crippen LogP contribution in [0.5, 0.6) is 0 Å². The van der Waals surface area contributed by atoms with Crippen molar-refractivity contribution in [2.75, 3.05) is 0 Å². The molecule has 0 radical (unpaired) electrons. The Morgan fingerprint density at radius 2 is 1.88 bits per heavy atom. The third-order valence-corrected chi connectivity index (χ3v) is 5.85. The molecule has 1 unspecified atom stereocenters. The summed E-state index contributed by atoms with van der Waals surface area (Å²) in [6.07, 6.45) is 3.45. The molecule has 4 rings (SSSR count). The van der Waals surface area contributed by atoms with Gasteiger partial charge in [-0.05, 0) is 30.5 Å². The van der Waals surface area contributed by atoms with Crippen LogP contribution in [0, 0.1) is 0 Å². The minimum Gasteiger partial charge on any atom is -0.349 e. The molecule has 1 N–H and O–H groups in total. The zero-order valence-corrected chi connectivity index (χ0v) is 14.9. The topological polar surface area (TPSA) is 15.8 Å². The lowest BCUT2D eigenvalue weighted by molar-refractivity contribution is 0.958. The van der Waals surface area contributed by atoms with Gasteiger partial charge in [0.1, 0.15) is 0 Å². The van der Waals surface area contributed by atoms with E-state index in [1.54, 1.807) is 0 Å². The molecule has 1 nitrogen and oxygen atoms in total. The van der Waals surface area contributed by atoms with E-state index >= 15 is 0 Å². The van der Waals surface area contributed by atoms with Crippen LogP contribution >= 0.6 is 11.8 Å². The van der Waals surface area contributed by atoms with Gasteiger partial charge >= 0.3 is 0 Å². The summed E-state index contributed by atoms with van der Waals surface area (Å²) in [5.74, 6) is 0.262.